The van der Waals surface area contributed by atoms with Crippen LogP contribution < -0.4 is 5.32 Å². The number of aromatic nitrogens is 1. The first-order valence-electron chi connectivity index (χ1n) is 8.12. The summed E-state index contributed by atoms with van der Waals surface area (Å²) in [4.78, 5) is 13.1. The summed E-state index contributed by atoms with van der Waals surface area (Å²) in [5.74, 6) is -4.47. The number of hydrogen-bond donors (Lipinski definition) is 1. The molecule has 3 aromatic rings. The van der Waals surface area contributed by atoms with Crippen molar-refractivity contribution in [3.8, 4) is 6.07 Å². The van der Waals surface area contributed by atoms with Crippen molar-refractivity contribution in [2.24, 2.45) is 0 Å². The smallest absolute Gasteiger partial charge is 0.197 e. The Morgan fingerprint density at radius 2 is 1.85 bits per heavy atom. The van der Waals surface area contributed by atoms with Crippen LogP contribution in [0, 0.1) is 28.8 Å². The van der Waals surface area contributed by atoms with E-state index >= 15 is 0 Å². The lowest BCUT2D eigenvalue weighted by Crippen LogP contribution is -2.19. The third-order valence-corrected chi connectivity index (χ3v) is 5.15. The minimum Gasteiger partial charge on any atom is -0.371 e. The van der Waals surface area contributed by atoms with Gasteiger partial charge in [0.1, 0.15) is 17.5 Å². The second kappa shape index (κ2) is 6.43. The van der Waals surface area contributed by atoms with Crippen LogP contribution in [0.1, 0.15) is 27.9 Å². The molecule has 2 heterocycles. The number of anilines is 1. The highest BCUT2D eigenvalue weighted by molar-refractivity contribution is 9.10. The molecular weight excluding hydrogens is 423 g/mol. The zero-order valence-electron chi connectivity index (χ0n) is 13.7. The van der Waals surface area contributed by atoms with Gasteiger partial charge in [-0.25, -0.2) is 13.2 Å². The Balaban J connectivity index is 2.10. The van der Waals surface area contributed by atoms with Crippen molar-refractivity contribution in [2.45, 2.75) is 13.0 Å². The summed E-state index contributed by atoms with van der Waals surface area (Å²) in [6.45, 7) is 0.826. The van der Waals surface area contributed by atoms with Crippen LogP contribution in [-0.4, -0.2) is 16.9 Å². The fraction of sp³-hybridized carbons (Fsp3) is 0.158. The molecule has 27 heavy (non-hydrogen) atoms. The highest BCUT2D eigenvalue weighted by Crippen LogP contribution is 2.39. The van der Waals surface area contributed by atoms with Gasteiger partial charge in [0, 0.05) is 23.1 Å². The predicted octanol–water partition coefficient (Wildman–Crippen LogP) is 4.74. The van der Waals surface area contributed by atoms with Crippen LogP contribution in [0.4, 0.5) is 19.0 Å². The van der Waals surface area contributed by atoms with E-state index in [2.05, 4.69) is 21.2 Å². The van der Waals surface area contributed by atoms with Gasteiger partial charge in [0.2, 0.25) is 0 Å². The number of nitriles is 1. The monoisotopic (exact) mass is 433 g/mol. The summed E-state index contributed by atoms with van der Waals surface area (Å²) >= 11 is 3.27. The van der Waals surface area contributed by atoms with Crippen molar-refractivity contribution in [3.05, 3.63) is 62.9 Å². The molecule has 0 atom stereocenters. The number of fused-ring (bicyclic) bond motifs is 3. The number of carbonyl (C=O) groups excluding carboxylic acids is 1. The average molecular weight is 434 g/mol. The van der Waals surface area contributed by atoms with Gasteiger partial charge in [-0.3, -0.25) is 4.79 Å². The summed E-state index contributed by atoms with van der Waals surface area (Å²) in [6.07, 6.45) is 0.614. The van der Waals surface area contributed by atoms with Gasteiger partial charge < -0.3 is 9.88 Å². The van der Waals surface area contributed by atoms with Crippen molar-refractivity contribution in [1.29, 1.82) is 5.26 Å². The summed E-state index contributed by atoms with van der Waals surface area (Å²) in [5, 5.41) is 11.6. The van der Waals surface area contributed by atoms with E-state index in [1.54, 1.807) is 24.3 Å². The molecule has 1 aliphatic rings. The van der Waals surface area contributed by atoms with E-state index in [9.17, 15) is 18.0 Å². The first-order chi connectivity index (χ1) is 13.0. The maximum Gasteiger partial charge on any atom is 0.197 e. The first kappa shape index (κ1) is 17.6. The van der Waals surface area contributed by atoms with E-state index in [1.807, 2.05) is 0 Å². The highest BCUT2D eigenvalue weighted by Gasteiger charge is 2.33. The Morgan fingerprint density at radius 3 is 2.52 bits per heavy atom. The largest absolute Gasteiger partial charge is 0.371 e. The Bertz CT molecular complexity index is 1150. The maximum absolute atomic E-state index is 14.8. The third kappa shape index (κ3) is 2.53. The molecular formula is C19H11BrF3N3O. The molecule has 136 valence electrons. The molecule has 2 aromatic carbocycles. The number of ketones is 1. The molecule has 0 saturated carbocycles. The summed E-state index contributed by atoms with van der Waals surface area (Å²) in [7, 11) is 0. The van der Waals surface area contributed by atoms with E-state index in [4.69, 9.17) is 5.26 Å². The Kier molecular flexibility index (Phi) is 4.19. The van der Waals surface area contributed by atoms with Crippen LogP contribution in [0.3, 0.4) is 0 Å². The van der Waals surface area contributed by atoms with Crippen LogP contribution in [0.2, 0.25) is 0 Å². The second-order valence-electron chi connectivity index (χ2n) is 6.14. The lowest BCUT2D eigenvalue weighted by atomic mass is 10.00. The number of nitrogens with one attached hydrogen (secondary N) is 1. The summed E-state index contributed by atoms with van der Waals surface area (Å²) < 4.78 is 46.1. The van der Waals surface area contributed by atoms with Crippen LogP contribution in [0.25, 0.3) is 10.9 Å². The van der Waals surface area contributed by atoms with Crippen molar-refractivity contribution >= 4 is 38.4 Å². The van der Waals surface area contributed by atoms with Crippen molar-refractivity contribution in [2.75, 3.05) is 11.9 Å². The highest BCUT2D eigenvalue weighted by atomic mass is 79.9. The van der Waals surface area contributed by atoms with Crippen LogP contribution in [-0.2, 0) is 6.54 Å². The maximum atomic E-state index is 14.8. The van der Waals surface area contributed by atoms with Crippen LogP contribution >= 0.6 is 15.9 Å². The zero-order valence-corrected chi connectivity index (χ0v) is 15.3. The molecule has 1 aliphatic heterocycles. The minimum absolute atomic E-state index is 0.133. The SMILES string of the molecule is N#Cc1c(F)c(F)c2c(C(=O)c3ccc(Br)cc3)c3n(c2c1F)CCCN3. The van der Waals surface area contributed by atoms with Gasteiger partial charge in [-0.05, 0) is 30.7 Å². The zero-order chi connectivity index (χ0) is 19.3. The fourth-order valence-electron chi connectivity index (χ4n) is 3.41. The van der Waals surface area contributed by atoms with E-state index in [1.165, 1.54) is 10.6 Å². The summed E-state index contributed by atoms with van der Waals surface area (Å²) in [6, 6.07) is 7.75. The van der Waals surface area contributed by atoms with Gasteiger partial charge in [-0.2, -0.15) is 5.26 Å². The van der Waals surface area contributed by atoms with Crippen molar-refractivity contribution in [1.82, 2.24) is 4.57 Å². The Morgan fingerprint density at radius 1 is 1.15 bits per heavy atom. The molecule has 8 heteroatoms. The molecule has 1 aromatic heterocycles. The van der Waals surface area contributed by atoms with Crippen LogP contribution in [0.15, 0.2) is 28.7 Å². The molecule has 0 unspecified atom stereocenters. The second-order valence-corrected chi connectivity index (χ2v) is 7.06. The number of nitrogens with zero attached hydrogens (tertiary/aromatic N) is 2. The number of aryl methyl sites for hydroxylation is 1. The van der Waals surface area contributed by atoms with Gasteiger partial charge in [-0.1, -0.05) is 15.9 Å². The predicted molar refractivity (Wildman–Crippen MR) is 97.2 cm³/mol. The van der Waals surface area contributed by atoms with Gasteiger partial charge in [0.25, 0.3) is 0 Å². The normalized spacial score (nSPS) is 13.1. The molecule has 0 fully saturated rings. The molecule has 0 saturated heterocycles. The number of halogens is 4. The van der Waals surface area contributed by atoms with E-state index < -0.39 is 34.2 Å². The van der Waals surface area contributed by atoms with E-state index in [0.29, 0.717) is 19.5 Å². The standard InChI is InChI=1S/C19H11BrF3N3O/c20-10-4-2-9(3-5-10)18(27)13-12-16(23)14(21)11(8-24)15(22)17(12)26-7-1-6-25-19(13)26/h2-5,25H,1,6-7H2. The van der Waals surface area contributed by atoms with Gasteiger partial charge >= 0.3 is 0 Å². The molecule has 0 amide bonds. The number of carbonyl (C=O) groups is 1. The first-order valence-corrected chi connectivity index (χ1v) is 8.92. The van der Waals surface area contributed by atoms with Gasteiger partial charge in [0.05, 0.1) is 16.5 Å². The van der Waals surface area contributed by atoms with E-state index in [-0.39, 0.29) is 22.5 Å². The fourth-order valence-corrected chi connectivity index (χ4v) is 3.68. The van der Waals surface area contributed by atoms with Crippen molar-refractivity contribution < 1.29 is 18.0 Å². The number of hydrogen-bond acceptors (Lipinski definition) is 3. The van der Waals surface area contributed by atoms with Crippen molar-refractivity contribution in [3.63, 3.8) is 0 Å². The number of benzene rings is 2. The lowest BCUT2D eigenvalue weighted by molar-refractivity contribution is 0.104. The van der Waals surface area contributed by atoms with Gasteiger partial charge in [0.15, 0.2) is 23.2 Å². The molecule has 0 radical (unpaired) electrons. The molecule has 1 N–H and O–H groups in total. The quantitative estimate of drug-likeness (QED) is 0.469. The molecule has 4 rings (SSSR count). The van der Waals surface area contributed by atoms with Crippen LogP contribution in [0.5, 0.6) is 0 Å². The van der Waals surface area contributed by atoms with Gasteiger partial charge in [-0.15, -0.1) is 0 Å². The topological polar surface area (TPSA) is 57.8 Å². The molecule has 4 nitrogen and oxygen atoms in total. The lowest BCUT2D eigenvalue weighted by Gasteiger charge is -2.19. The number of rotatable bonds is 2. The molecule has 0 aliphatic carbocycles. The average Bonchev–Trinajstić information content (AvgIpc) is 3.02. The molecule has 0 bridgehead atoms. The Labute approximate surface area is 160 Å². The molecule has 0 spiro atoms. The minimum atomic E-state index is -1.59. The Hall–Kier alpha value is -2.79. The third-order valence-electron chi connectivity index (χ3n) is 4.62. The van der Waals surface area contributed by atoms with E-state index in [0.717, 1.165) is 4.47 Å². The summed E-state index contributed by atoms with van der Waals surface area (Å²) in [5.41, 5.74) is -1.14.